The third-order valence-corrected chi connectivity index (χ3v) is 3.80. The molecule has 0 fully saturated rings. The summed E-state index contributed by atoms with van der Waals surface area (Å²) in [4.78, 5) is 8.71. The lowest BCUT2D eigenvalue weighted by Crippen LogP contribution is -1.96. The van der Waals surface area contributed by atoms with Crippen LogP contribution in [0.5, 0.6) is 0 Å². The summed E-state index contributed by atoms with van der Waals surface area (Å²) >= 11 is 7.34. The van der Waals surface area contributed by atoms with Crippen LogP contribution in [0.4, 0.5) is 0 Å². The van der Waals surface area contributed by atoms with Gasteiger partial charge in [0.05, 0.1) is 5.75 Å². The molecule has 0 saturated heterocycles. The van der Waals surface area contributed by atoms with E-state index in [0.717, 1.165) is 17.8 Å². The van der Waals surface area contributed by atoms with Crippen molar-refractivity contribution in [3.63, 3.8) is 0 Å². The Bertz CT molecular complexity index is 754. The molecule has 110 valence electrons. The molecule has 0 N–H and O–H groups in total. The first-order chi connectivity index (χ1) is 10.1. The van der Waals surface area contributed by atoms with E-state index in [-0.39, 0.29) is 0 Å². The second-order valence-corrected chi connectivity index (χ2v) is 6.45. The number of fused-ring (bicyclic) bond motifs is 1. The first-order valence-electron chi connectivity index (χ1n) is 6.60. The number of benzene rings is 1. The van der Waals surface area contributed by atoms with Crippen LogP contribution in [0.2, 0.25) is 5.02 Å². The van der Waals surface area contributed by atoms with Crippen LogP contribution in [0.3, 0.4) is 0 Å². The van der Waals surface area contributed by atoms with E-state index in [1.165, 1.54) is 11.8 Å². The molecule has 2 aromatic heterocycles. The van der Waals surface area contributed by atoms with E-state index in [0.29, 0.717) is 33.4 Å². The minimum atomic E-state index is 0.505. The molecule has 0 unspecified atom stereocenters. The predicted molar refractivity (Wildman–Crippen MR) is 81.4 cm³/mol. The first-order valence-corrected chi connectivity index (χ1v) is 7.97. The summed E-state index contributed by atoms with van der Waals surface area (Å²) < 4.78 is 10.8. The third kappa shape index (κ3) is 3.57. The van der Waals surface area contributed by atoms with Crippen molar-refractivity contribution >= 4 is 34.5 Å². The number of halogens is 1. The Hall–Kier alpha value is -1.53. The van der Waals surface area contributed by atoms with Gasteiger partial charge in [0.25, 0.3) is 5.22 Å². The van der Waals surface area contributed by atoms with Gasteiger partial charge in [-0.2, -0.15) is 4.98 Å². The third-order valence-electron chi connectivity index (χ3n) is 2.75. The van der Waals surface area contributed by atoms with Crippen molar-refractivity contribution < 1.29 is 8.94 Å². The van der Waals surface area contributed by atoms with Gasteiger partial charge in [0.1, 0.15) is 5.52 Å². The van der Waals surface area contributed by atoms with E-state index in [4.69, 9.17) is 20.5 Å². The Labute approximate surface area is 131 Å². The van der Waals surface area contributed by atoms with Crippen molar-refractivity contribution in [2.75, 3.05) is 0 Å². The molecule has 0 aliphatic rings. The van der Waals surface area contributed by atoms with E-state index in [1.54, 1.807) is 12.1 Å². The normalized spacial score (nSPS) is 11.6. The maximum absolute atomic E-state index is 5.92. The summed E-state index contributed by atoms with van der Waals surface area (Å²) in [5.74, 6) is 2.36. The Morgan fingerprint density at radius 2 is 2.14 bits per heavy atom. The van der Waals surface area contributed by atoms with E-state index >= 15 is 0 Å². The van der Waals surface area contributed by atoms with Crippen LogP contribution in [0, 0.1) is 5.92 Å². The summed E-state index contributed by atoms with van der Waals surface area (Å²) in [7, 11) is 0. The molecule has 7 heteroatoms. The molecule has 0 saturated carbocycles. The Balaban J connectivity index is 1.67. The fraction of sp³-hybridized carbons (Fsp3) is 0.357. The molecule has 3 rings (SSSR count). The zero-order chi connectivity index (χ0) is 14.8. The molecule has 0 spiro atoms. The number of aromatic nitrogens is 3. The van der Waals surface area contributed by atoms with Crippen molar-refractivity contribution in [1.82, 2.24) is 15.1 Å². The summed E-state index contributed by atoms with van der Waals surface area (Å²) in [5.41, 5.74) is 1.46. The van der Waals surface area contributed by atoms with Gasteiger partial charge in [-0.25, -0.2) is 4.98 Å². The van der Waals surface area contributed by atoms with Crippen LogP contribution < -0.4 is 0 Å². The zero-order valence-electron chi connectivity index (χ0n) is 11.7. The first kappa shape index (κ1) is 14.4. The van der Waals surface area contributed by atoms with Crippen molar-refractivity contribution in [2.24, 2.45) is 5.92 Å². The van der Waals surface area contributed by atoms with Gasteiger partial charge >= 0.3 is 0 Å². The number of hydrogen-bond donors (Lipinski definition) is 0. The minimum absolute atomic E-state index is 0.505. The average molecular weight is 324 g/mol. The number of oxazole rings is 1. The molecule has 0 amide bonds. The molecule has 2 heterocycles. The van der Waals surface area contributed by atoms with Crippen LogP contribution in [-0.4, -0.2) is 15.1 Å². The lowest BCUT2D eigenvalue weighted by atomic mass is 10.1. The molecule has 0 atom stereocenters. The summed E-state index contributed by atoms with van der Waals surface area (Å²) in [6, 6.07) is 5.36. The molecular formula is C14H14ClN3O2S. The van der Waals surface area contributed by atoms with Crippen molar-refractivity contribution in [1.29, 1.82) is 0 Å². The molecule has 3 aromatic rings. The Morgan fingerprint density at radius 1 is 1.29 bits per heavy atom. The Kier molecular flexibility index (Phi) is 4.17. The highest BCUT2D eigenvalue weighted by molar-refractivity contribution is 7.98. The second-order valence-electron chi connectivity index (χ2n) is 5.08. The van der Waals surface area contributed by atoms with E-state index < -0.39 is 0 Å². The predicted octanol–water partition coefficient (Wildman–Crippen LogP) is 4.36. The molecule has 0 bridgehead atoms. The molecule has 1 aromatic carbocycles. The van der Waals surface area contributed by atoms with E-state index in [9.17, 15) is 0 Å². The van der Waals surface area contributed by atoms with E-state index in [2.05, 4.69) is 29.0 Å². The smallest absolute Gasteiger partial charge is 0.257 e. The van der Waals surface area contributed by atoms with Crippen molar-refractivity contribution in [3.8, 4) is 0 Å². The molecule has 0 aliphatic heterocycles. The van der Waals surface area contributed by atoms with Gasteiger partial charge in [-0.1, -0.05) is 42.4 Å². The van der Waals surface area contributed by atoms with E-state index in [1.807, 2.05) is 6.07 Å². The molecule has 0 aliphatic carbocycles. The highest BCUT2D eigenvalue weighted by Crippen LogP contribution is 2.27. The second kappa shape index (κ2) is 6.07. The van der Waals surface area contributed by atoms with Gasteiger partial charge < -0.3 is 8.94 Å². The standard InChI is InChI=1S/C14H14ClN3O2S/c1-8(2)5-12-17-13(20-18-12)7-21-14-16-10-6-9(15)3-4-11(10)19-14/h3-4,6,8H,5,7H2,1-2H3. The monoisotopic (exact) mass is 323 g/mol. The maximum atomic E-state index is 5.92. The summed E-state index contributed by atoms with van der Waals surface area (Å²) in [6.45, 7) is 4.24. The minimum Gasteiger partial charge on any atom is -0.431 e. The molecule has 21 heavy (non-hydrogen) atoms. The fourth-order valence-corrected chi connectivity index (χ4v) is 2.70. The van der Waals surface area contributed by atoms with Gasteiger partial charge in [-0.3, -0.25) is 0 Å². The lowest BCUT2D eigenvalue weighted by Gasteiger charge is -1.95. The van der Waals surface area contributed by atoms with Crippen molar-refractivity contribution in [2.45, 2.75) is 31.2 Å². The lowest BCUT2D eigenvalue weighted by molar-refractivity contribution is 0.381. The topological polar surface area (TPSA) is 65.0 Å². The van der Waals surface area contributed by atoms with Crippen LogP contribution in [-0.2, 0) is 12.2 Å². The van der Waals surface area contributed by atoms with Crippen LogP contribution in [0.25, 0.3) is 11.1 Å². The number of nitrogens with zero attached hydrogens (tertiary/aromatic N) is 3. The fourth-order valence-electron chi connectivity index (χ4n) is 1.86. The maximum Gasteiger partial charge on any atom is 0.257 e. The van der Waals surface area contributed by atoms with Crippen LogP contribution in [0.15, 0.2) is 32.4 Å². The van der Waals surface area contributed by atoms with Gasteiger partial charge in [0.15, 0.2) is 11.4 Å². The largest absolute Gasteiger partial charge is 0.431 e. The highest BCUT2D eigenvalue weighted by Gasteiger charge is 2.11. The molecule has 0 radical (unpaired) electrons. The van der Waals surface area contributed by atoms with Gasteiger partial charge in [-0.15, -0.1) is 0 Å². The van der Waals surface area contributed by atoms with Gasteiger partial charge in [0.2, 0.25) is 5.89 Å². The van der Waals surface area contributed by atoms with Crippen molar-refractivity contribution in [3.05, 3.63) is 34.9 Å². The summed E-state index contributed by atoms with van der Waals surface area (Å²) in [5, 5.41) is 5.16. The zero-order valence-corrected chi connectivity index (χ0v) is 13.2. The number of thioether (sulfide) groups is 1. The quantitative estimate of drug-likeness (QED) is 0.650. The van der Waals surface area contributed by atoms with Crippen LogP contribution >= 0.6 is 23.4 Å². The van der Waals surface area contributed by atoms with Gasteiger partial charge in [0, 0.05) is 11.4 Å². The molecular weight excluding hydrogens is 310 g/mol. The highest BCUT2D eigenvalue weighted by atomic mass is 35.5. The Morgan fingerprint density at radius 3 is 2.95 bits per heavy atom. The number of rotatable bonds is 5. The van der Waals surface area contributed by atoms with Gasteiger partial charge in [-0.05, 0) is 24.1 Å². The summed E-state index contributed by atoms with van der Waals surface area (Å²) in [6.07, 6.45) is 0.815. The molecule has 5 nitrogen and oxygen atoms in total. The average Bonchev–Trinajstić information content (AvgIpc) is 3.01. The van der Waals surface area contributed by atoms with Crippen LogP contribution in [0.1, 0.15) is 25.6 Å². The SMILES string of the molecule is CC(C)Cc1noc(CSc2nc3cc(Cl)ccc3o2)n1. The number of hydrogen-bond acceptors (Lipinski definition) is 6.